The van der Waals surface area contributed by atoms with Crippen LogP contribution in [-0.4, -0.2) is 42.9 Å². The summed E-state index contributed by atoms with van der Waals surface area (Å²) in [5.41, 5.74) is 0.927. The van der Waals surface area contributed by atoms with E-state index in [0.717, 1.165) is 32.6 Å². The number of amides is 2. The third kappa shape index (κ3) is 8.12. The molecule has 2 amide bonds. The minimum atomic E-state index is -0.418. The number of rotatable bonds is 7. The van der Waals surface area contributed by atoms with Gasteiger partial charge in [-0.3, -0.25) is 14.5 Å². The normalized spacial score (nSPS) is 18.6. The molecule has 0 bridgehead atoms. The Morgan fingerprint density at radius 1 is 1.11 bits per heavy atom. The van der Waals surface area contributed by atoms with Crippen LogP contribution in [0.25, 0.3) is 0 Å². The molecule has 1 aliphatic rings. The van der Waals surface area contributed by atoms with Crippen LogP contribution in [0.5, 0.6) is 0 Å². The third-order valence-electron chi connectivity index (χ3n) is 5.01. The Hall–Kier alpha value is -1.88. The number of carbonyl (C=O) groups is 2. The van der Waals surface area contributed by atoms with Crippen molar-refractivity contribution in [1.82, 2.24) is 15.5 Å². The lowest BCUT2D eigenvalue weighted by molar-refractivity contribution is -0.128. The van der Waals surface area contributed by atoms with Crippen molar-refractivity contribution in [1.29, 1.82) is 0 Å². The molecular weight excluding hydrogens is 338 g/mol. The first-order valence-corrected chi connectivity index (χ1v) is 10.2. The van der Waals surface area contributed by atoms with Gasteiger partial charge in [-0.15, -0.1) is 0 Å². The van der Waals surface area contributed by atoms with E-state index in [1.807, 2.05) is 26.8 Å². The van der Waals surface area contributed by atoms with E-state index in [1.54, 1.807) is 0 Å². The number of hydrogen-bond acceptors (Lipinski definition) is 3. The van der Waals surface area contributed by atoms with Crippen molar-refractivity contribution in [2.45, 2.75) is 53.0 Å². The van der Waals surface area contributed by atoms with E-state index in [-0.39, 0.29) is 11.8 Å². The fraction of sp³-hybridized carbons (Fsp3) is 0.636. The molecule has 0 radical (unpaired) electrons. The van der Waals surface area contributed by atoms with Crippen LogP contribution >= 0.6 is 0 Å². The summed E-state index contributed by atoms with van der Waals surface area (Å²) >= 11 is 0. The second kappa shape index (κ2) is 10.5. The second-order valence-corrected chi connectivity index (χ2v) is 8.64. The van der Waals surface area contributed by atoms with Gasteiger partial charge in [0.1, 0.15) is 0 Å². The standard InChI is InChI=1S/C22H35N3O2/c1-22(2,3)21(27)23-13-12-20(26)24-15-19-11-7-8-14-25(17-19)16-18-9-5-4-6-10-18/h4-6,9-10,19H,7-8,11-17H2,1-3H3,(H,23,27)(H,24,26). The highest BCUT2D eigenvalue weighted by atomic mass is 16.2. The molecule has 2 rings (SSSR count). The number of carbonyl (C=O) groups excluding carboxylic acids is 2. The van der Waals surface area contributed by atoms with Gasteiger partial charge in [0.15, 0.2) is 0 Å². The highest BCUT2D eigenvalue weighted by Gasteiger charge is 2.21. The molecule has 1 atom stereocenters. The number of hydrogen-bond donors (Lipinski definition) is 2. The van der Waals surface area contributed by atoms with Crippen LogP contribution in [-0.2, 0) is 16.1 Å². The molecule has 1 unspecified atom stereocenters. The van der Waals surface area contributed by atoms with Gasteiger partial charge in [0, 0.05) is 38.0 Å². The van der Waals surface area contributed by atoms with Crippen molar-refractivity contribution < 1.29 is 9.59 Å². The average Bonchev–Trinajstić information content (AvgIpc) is 2.85. The van der Waals surface area contributed by atoms with Crippen LogP contribution in [0.2, 0.25) is 0 Å². The molecule has 0 aliphatic carbocycles. The van der Waals surface area contributed by atoms with Crippen molar-refractivity contribution in [2.24, 2.45) is 11.3 Å². The molecule has 0 saturated carbocycles. The molecule has 1 aromatic rings. The van der Waals surface area contributed by atoms with Crippen LogP contribution in [0, 0.1) is 11.3 Å². The Labute approximate surface area is 163 Å². The lowest BCUT2D eigenvalue weighted by Gasteiger charge is -2.24. The fourth-order valence-electron chi connectivity index (χ4n) is 3.37. The lowest BCUT2D eigenvalue weighted by atomic mass is 9.96. The molecule has 1 heterocycles. The van der Waals surface area contributed by atoms with E-state index < -0.39 is 5.41 Å². The van der Waals surface area contributed by atoms with Gasteiger partial charge >= 0.3 is 0 Å². The predicted octanol–water partition coefficient (Wildman–Crippen LogP) is 2.96. The topological polar surface area (TPSA) is 61.4 Å². The number of nitrogens with one attached hydrogen (secondary N) is 2. The van der Waals surface area contributed by atoms with Gasteiger partial charge in [-0.05, 0) is 30.9 Å². The van der Waals surface area contributed by atoms with Gasteiger partial charge in [-0.1, -0.05) is 57.5 Å². The van der Waals surface area contributed by atoms with Crippen molar-refractivity contribution >= 4 is 11.8 Å². The highest BCUT2D eigenvalue weighted by molar-refractivity contribution is 5.82. The van der Waals surface area contributed by atoms with E-state index in [4.69, 9.17) is 0 Å². The Balaban J connectivity index is 1.70. The zero-order chi connectivity index (χ0) is 19.7. The second-order valence-electron chi connectivity index (χ2n) is 8.64. The van der Waals surface area contributed by atoms with E-state index >= 15 is 0 Å². The summed E-state index contributed by atoms with van der Waals surface area (Å²) in [4.78, 5) is 26.4. The zero-order valence-corrected chi connectivity index (χ0v) is 17.1. The minimum Gasteiger partial charge on any atom is -0.356 e. The van der Waals surface area contributed by atoms with Crippen LogP contribution in [0.15, 0.2) is 30.3 Å². The van der Waals surface area contributed by atoms with Gasteiger partial charge in [0.2, 0.25) is 11.8 Å². The molecule has 1 saturated heterocycles. The average molecular weight is 374 g/mol. The summed E-state index contributed by atoms with van der Waals surface area (Å²) < 4.78 is 0. The van der Waals surface area contributed by atoms with Crippen LogP contribution in [0.1, 0.15) is 52.0 Å². The first-order valence-electron chi connectivity index (χ1n) is 10.2. The van der Waals surface area contributed by atoms with Gasteiger partial charge < -0.3 is 10.6 Å². The fourth-order valence-corrected chi connectivity index (χ4v) is 3.37. The highest BCUT2D eigenvalue weighted by Crippen LogP contribution is 2.18. The molecule has 5 heteroatoms. The summed E-state index contributed by atoms with van der Waals surface area (Å²) in [5, 5.41) is 5.89. The minimum absolute atomic E-state index is 0.0167. The van der Waals surface area contributed by atoms with Crippen molar-refractivity contribution in [3.05, 3.63) is 35.9 Å². The van der Waals surface area contributed by atoms with Crippen LogP contribution < -0.4 is 10.6 Å². The molecule has 1 aliphatic heterocycles. The molecule has 2 N–H and O–H groups in total. The first-order chi connectivity index (χ1) is 12.8. The quantitative estimate of drug-likeness (QED) is 0.772. The zero-order valence-electron chi connectivity index (χ0n) is 17.1. The van der Waals surface area contributed by atoms with Gasteiger partial charge in [0.25, 0.3) is 0 Å². The van der Waals surface area contributed by atoms with Gasteiger partial charge in [0.05, 0.1) is 0 Å². The molecule has 150 valence electrons. The summed E-state index contributed by atoms with van der Waals surface area (Å²) in [7, 11) is 0. The predicted molar refractivity (Wildman–Crippen MR) is 109 cm³/mol. The monoisotopic (exact) mass is 373 g/mol. The Bertz CT molecular complexity index is 595. The lowest BCUT2D eigenvalue weighted by Crippen LogP contribution is -2.39. The van der Waals surface area contributed by atoms with Crippen molar-refractivity contribution in [3.63, 3.8) is 0 Å². The molecule has 27 heavy (non-hydrogen) atoms. The SMILES string of the molecule is CC(C)(C)C(=O)NCCC(=O)NCC1CCCCN(Cc2ccccc2)C1. The van der Waals surface area contributed by atoms with Gasteiger partial charge in [-0.2, -0.15) is 0 Å². The van der Waals surface area contributed by atoms with Crippen molar-refractivity contribution in [3.8, 4) is 0 Å². The van der Waals surface area contributed by atoms with E-state index in [2.05, 4.69) is 39.8 Å². The molecule has 5 nitrogen and oxygen atoms in total. The maximum atomic E-state index is 12.1. The Morgan fingerprint density at radius 2 is 1.85 bits per heavy atom. The number of benzene rings is 1. The summed E-state index contributed by atoms with van der Waals surface area (Å²) in [6.45, 7) is 9.85. The van der Waals surface area contributed by atoms with E-state index in [1.165, 1.54) is 18.4 Å². The van der Waals surface area contributed by atoms with E-state index in [9.17, 15) is 9.59 Å². The Kier molecular flexibility index (Phi) is 8.29. The molecule has 0 aromatic heterocycles. The smallest absolute Gasteiger partial charge is 0.225 e. The van der Waals surface area contributed by atoms with E-state index in [0.29, 0.717) is 18.9 Å². The summed E-state index contributed by atoms with van der Waals surface area (Å²) in [5.74, 6) is 0.489. The largest absolute Gasteiger partial charge is 0.356 e. The molecule has 1 aromatic carbocycles. The first kappa shape index (κ1) is 21.4. The molecule has 0 spiro atoms. The van der Waals surface area contributed by atoms with Crippen LogP contribution in [0.4, 0.5) is 0 Å². The number of nitrogens with zero attached hydrogens (tertiary/aromatic N) is 1. The third-order valence-corrected chi connectivity index (χ3v) is 5.01. The van der Waals surface area contributed by atoms with Crippen LogP contribution in [0.3, 0.4) is 0 Å². The summed E-state index contributed by atoms with van der Waals surface area (Å²) in [6, 6.07) is 10.6. The number of likely N-dealkylation sites (tertiary alicyclic amines) is 1. The maximum absolute atomic E-state index is 12.1. The molecular formula is C22H35N3O2. The van der Waals surface area contributed by atoms with Gasteiger partial charge in [-0.25, -0.2) is 0 Å². The van der Waals surface area contributed by atoms with Crippen molar-refractivity contribution in [2.75, 3.05) is 26.2 Å². The maximum Gasteiger partial charge on any atom is 0.225 e. The summed E-state index contributed by atoms with van der Waals surface area (Å²) in [6.07, 6.45) is 3.93. The molecule has 1 fully saturated rings. The Morgan fingerprint density at radius 3 is 2.56 bits per heavy atom.